The summed E-state index contributed by atoms with van der Waals surface area (Å²) in [6.07, 6.45) is 0. The van der Waals surface area contributed by atoms with Gasteiger partial charge < -0.3 is 10.1 Å². The molecule has 144 valence electrons. The first kappa shape index (κ1) is 19.8. The molecule has 0 aromatic heterocycles. The van der Waals surface area contributed by atoms with Crippen LogP contribution in [0.15, 0.2) is 53.4 Å². The smallest absolute Gasteiger partial charge is 0.253 e. The monoisotopic (exact) mass is 408 g/mol. The first-order chi connectivity index (χ1) is 12.9. The van der Waals surface area contributed by atoms with Crippen molar-refractivity contribution >= 4 is 27.5 Å². The average Bonchev–Trinajstić information content (AvgIpc) is 2.69. The number of benzene rings is 2. The summed E-state index contributed by atoms with van der Waals surface area (Å²) in [6.45, 7) is 3.15. The number of sulfonamides is 1. The van der Waals surface area contributed by atoms with Crippen molar-refractivity contribution in [2.24, 2.45) is 0 Å². The molecule has 1 saturated heterocycles. The summed E-state index contributed by atoms with van der Waals surface area (Å²) in [5.74, 6) is -0.421. The van der Waals surface area contributed by atoms with Crippen molar-refractivity contribution in [3.05, 3.63) is 64.7 Å². The first-order valence-corrected chi connectivity index (χ1v) is 10.4. The van der Waals surface area contributed by atoms with Gasteiger partial charge in [0.2, 0.25) is 10.0 Å². The van der Waals surface area contributed by atoms with Gasteiger partial charge in [0.05, 0.1) is 34.7 Å². The van der Waals surface area contributed by atoms with Gasteiger partial charge in [0.15, 0.2) is 0 Å². The predicted octanol–water partition coefficient (Wildman–Crippen LogP) is 2.85. The molecule has 1 aliphatic heterocycles. The Balaban J connectivity index is 1.83. The van der Waals surface area contributed by atoms with Crippen LogP contribution in [0.25, 0.3) is 0 Å². The Labute approximate surface area is 164 Å². The lowest BCUT2D eigenvalue weighted by Crippen LogP contribution is -2.40. The van der Waals surface area contributed by atoms with Crippen LogP contribution in [0, 0.1) is 0 Å². The van der Waals surface area contributed by atoms with Crippen LogP contribution >= 0.6 is 11.6 Å². The van der Waals surface area contributed by atoms with E-state index in [1.807, 2.05) is 37.3 Å². The highest BCUT2D eigenvalue weighted by molar-refractivity contribution is 7.89. The highest BCUT2D eigenvalue weighted by Crippen LogP contribution is 2.24. The third-order valence-electron chi connectivity index (χ3n) is 4.44. The van der Waals surface area contributed by atoms with Crippen molar-refractivity contribution in [2.45, 2.75) is 17.9 Å². The molecule has 1 aliphatic rings. The van der Waals surface area contributed by atoms with Crippen LogP contribution in [0.4, 0.5) is 0 Å². The standard InChI is InChI=1S/C19H21ClN2O4S/c1-14(15-5-3-2-4-6-15)21-19(23)17-13-16(7-8-18(17)20)27(24,25)22-9-11-26-12-10-22/h2-8,13-14H,9-12H2,1H3,(H,21,23). The lowest BCUT2D eigenvalue weighted by atomic mass is 10.1. The summed E-state index contributed by atoms with van der Waals surface area (Å²) < 4.78 is 32.2. The normalized spacial score (nSPS) is 16.7. The molecule has 1 amide bonds. The molecule has 1 atom stereocenters. The number of ether oxygens (including phenoxy) is 1. The molecule has 1 fully saturated rings. The minimum Gasteiger partial charge on any atom is -0.379 e. The van der Waals surface area contributed by atoms with Crippen LogP contribution in [0.5, 0.6) is 0 Å². The number of amides is 1. The minimum absolute atomic E-state index is 0.0475. The lowest BCUT2D eigenvalue weighted by molar-refractivity contribution is 0.0730. The lowest BCUT2D eigenvalue weighted by Gasteiger charge is -2.26. The molecule has 1 heterocycles. The molecule has 2 aromatic carbocycles. The summed E-state index contributed by atoms with van der Waals surface area (Å²) in [5.41, 5.74) is 1.08. The van der Waals surface area contributed by atoms with Gasteiger partial charge in [0, 0.05) is 13.1 Å². The molecular formula is C19H21ClN2O4S. The molecule has 0 saturated carbocycles. The van der Waals surface area contributed by atoms with E-state index in [1.165, 1.54) is 22.5 Å². The van der Waals surface area contributed by atoms with Crippen molar-refractivity contribution in [3.8, 4) is 0 Å². The molecule has 0 spiro atoms. The van der Waals surface area contributed by atoms with Crippen molar-refractivity contribution in [1.29, 1.82) is 0 Å². The van der Waals surface area contributed by atoms with E-state index in [2.05, 4.69) is 5.32 Å². The fourth-order valence-electron chi connectivity index (χ4n) is 2.87. The van der Waals surface area contributed by atoms with E-state index in [0.29, 0.717) is 13.2 Å². The van der Waals surface area contributed by atoms with Crippen molar-refractivity contribution in [1.82, 2.24) is 9.62 Å². The van der Waals surface area contributed by atoms with Crippen molar-refractivity contribution in [2.75, 3.05) is 26.3 Å². The van der Waals surface area contributed by atoms with E-state index in [0.717, 1.165) is 5.56 Å². The second kappa shape index (κ2) is 8.39. The second-order valence-corrected chi connectivity index (χ2v) is 8.61. The minimum atomic E-state index is -3.70. The molecule has 8 heteroatoms. The fourth-order valence-corrected chi connectivity index (χ4v) is 4.51. The number of nitrogens with zero attached hydrogens (tertiary/aromatic N) is 1. The van der Waals surface area contributed by atoms with Crippen LogP contribution in [0.1, 0.15) is 28.9 Å². The summed E-state index contributed by atoms with van der Waals surface area (Å²) in [5, 5.41) is 3.06. The molecule has 1 N–H and O–H groups in total. The predicted molar refractivity (Wildman–Crippen MR) is 103 cm³/mol. The van der Waals surface area contributed by atoms with Gasteiger partial charge in [-0.1, -0.05) is 41.9 Å². The van der Waals surface area contributed by atoms with Gasteiger partial charge in [0.25, 0.3) is 5.91 Å². The van der Waals surface area contributed by atoms with E-state index < -0.39 is 15.9 Å². The van der Waals surface area contributed by atoms with Crippen LogP contribution < -0.4 is 5.32 Å². The second-order valence-electron chi connectivity index (χ2n) is 6.26. The van der Waals surface area contributed by atoms with E-state index in [9.17, 15) is 13.2 Å². The average molecular weight is 409 g/mol. The third-order valence-corrected chi connectivity index (χ3v) is 6.66. The zero-order valence-electron chi connectivity index (χ0n) is 14.9. The molecule has 0 aliphatic carbocycles. The zero-order chi connectivity index (χ0) is 19.4. The summed E-state index contributed by atoms with van der Waals surface area (Å²) >= 11 is 6.17. The van der Waals surface area contributed by atoms with Crippen LogP contribution in [0.3, 0.4) is 0 Å². The van der Waals surface area contributed by atoms with Gasteiger partial charge in [0.1, 0.15) is 0 Å². The summed E-state index contributed by atoms with van der Waals surface area (Å²) in [7, 11) is -3.70. The molecule has 3 rings (SSSR count). The number of carbonyl (C=O) groups excluding carboxylic acids is 1. The van der Waals surface area contributed by atoms with E-state index in [-0.39, 0.29) is 34.6 Å². The van der Waals surface area contributed by atoms with Crippen LogP contribution in [0.2, 0.25) is 5.02 Å². The number of rotatable bonds is 5. The van der Waals surface area contributed by atoms with E-state index in [4.69, 9.17) is 16.3 Å². The molecular weight excluding hydrogens is 388 g/mol. The molecule has 6 nitrogen and oxygen atoms in total. The highest BCUT2D eigenvalue weighted by atomic mass is 35.5. The Hall–Kier alpha value is -1.93. The van der Waals surface area contributed by atoms with Crippen molar-refractivity contribution in [3.63, 3.8) is 0 Å². The quantitative estimate of drug-likeness (QED) is 0.825. The number of nitrogens with one attached hydrogen (secondary N) is 1. The summed E-state index contributed by atoms with van der Waals surface area (Å²) in [6, 6.07) is 13.4. The first-order valence-electron chi connectivity index (χ1n) is 8.63. The zero-order valence-corrected chi connectivity index (χ0v) is 16.5. The van der Waals surface area contributed by atoms with Crippen LogP contribution in [-0.2, 0) is 14.8 Å². The maximum absolute atomic E-state index is 12.8. The van der Waals surface area contributed by atoms with Gasteiger partial charge in [-0.15, -0.1) is 0 Å². The molecule has 2 aromatic rings. The van der Waals surface area contributed by atoms with Gasteiger partial charge in [-0.05, 0) is 30.7 Å². The molecule has 27 heavy (non-hydrogen) atoms. The van der Waals surface area contributed by atoms with Gasteiger partial charge >= 0.3 is 0 Å². The van der Waals surface area contributed by atoms with Gasteiger partial charge in [-0.2, -0.15) is 4.31 Å². The van der Waals surface area contributed by atoms with Crippen molar-refractivity contribution < 1.29 is 17.9 Å². The Morgan fingerprint density at radius 2 is 1.81 bits per heavy atom. The number of morpholine rings is 1. The SMILES string of the molecule is CC(NC(=O)c1cc(S(=O)(=O)N2CCOCC2)ccc1Cl)c1ccccc1. The Morgan fingerprint density at radius 3 is 2.48 bits per heavy atom. The number of carbonyl (C=O) groups is 1. The maximum atomic E-state index is 12.8. The number of hydrogen-bond acceptors (Lipinski definition) is 4. The fraction of sp³-hybridized carbons (Fsp3) is 0.316. The number of halogens is 1. The van der Waals surface area contributed by atoms with E-state index in [1.54, 1.807) is 0 Å². The van der Waals surface area contributed by atoms with Gasteiger partial charge in [-0.3, -0.25) is 4.79 Å². The molecule has 0 bridgehead atoms. The topological polar surface area (TPSA) is 75.7 Å². The molecule has 0 radical (unpaired) electrons. The van der Waals surface area contributed by atoms with Gasteiger partial charge in [-0.25, -0.2) is 8.42 Å². The number of hydrogen-bond donors (Lipinski definition) is 1. The Morgan fingerprint density at radius 1 is 1.15 bits per heavy atom. The third kappa shape index (κ3) is 4.50. The largest absolute Gasteiger partial charge is 0.379 e. The van der Waals surface area contributed by atoms with Crippen LogP contribution in [-0.4, -0.2) is 44.9 Å². The summed E-state index contributed by atoms with van der Waals surface area (Å²) in [4.78, 5) is 12.7. The van der Waals surface area contributed by atoms with E-state index >= 15 is 0 Å². The Kier molecular flexibility index (Phi) is 6.16. The maximum Gasteiger partial charge on any atom is 0.253 e. The Bertz CT molecular complexity index is 913. The highest BCUT2D eigenvalue weighted by Gasteiger charge is 2.27. The molecule has 1 unspecified atom stereocenters.